The number of anilines is 1. The quantitative estimate of drug-likeness (QED) is 0.805. The molecule has 0 spiro atoms. The summed E-state index contributed by atoms with van der Waals surface area (Å²) in [6.45, 7) is 1.81. The highest BCUT2D eigenvalue weighted by atomic mass is 16.4. The minimum atomic E-state index is -0.977. The summed E-state index contributed by atoms with van der Waals surface area (Å²) >= 11 is 0. The van der Waals surface area contributed by atoms with Gasteiger partial charge in [0.1, 0.15) is 5.75 Å². The molecule has 0 aromatic heterocycles. The van der Waals surface area contributed by atoms with E-state index >= 15 is 0 Å². The van der Waals surface area contributed by atoms with Crippen LogP contribution in [0.2, 0.25) is 0 Å². The Hall–Kier alpha value is -2.82. The smallest absolute Gasteiger partial charge is 0.307 e. The van der Waals surface area contributed by atoms with Crippen LogP contribution >= 0.6 is 0 Å². The van der Waals surface area contributed by atoms with Crippen LogP contribution in [0, 0.1) is 6.92 Å². The minimum absolute atomic E-state index is 0.117. The monoisotopic (exact) mass is 285 g/mol. The van der Waals surface area contributed by atoms with Crippen molar-refractivity contribution in [1.29, 1.82) is 0 Å². The SMILES string of the molecule is Cc1ccc(O)c(C(=O)Nc2ccccc2CC(=O)O)c1. The first-order valence-corrected chi connectivity index (χ1v) is 6.38. The number of aryl methyl sites for hydroxylation is 1. The molecule has 0 radical (unpaired) electrons. The number of carboxylic acid groups (broad SMARTS) is 1. The summed E-state index contributed by atoms with van der Waals surface area (Å²) in [4.78, 5) is 23.0. The van der Waals surface area contributed by atoms with Gasteiger partial charge in [0, 0.05) is 5.69 Å². The number of hydrogen-bond acceptors (Lipinski definition) is 3. The third-order valence-corrected chi connectivity index (χ3v) is 3.00. The summed E-state index contributed by atoms with van der Waals surface area (Å²) in [6, 6.07) is 11.4. The Morgan fingerprint density at radius 3 is 2.57 bits per heavy atom. The summed E-state index contributed by atoms with van der Waals surface area (Å²) in [7, 11) is 0. The second-order valence-corrected chi connectivity index (χ2v) is 4.70. The Balaban J connectivity index is 2.27. The maximum atomic E-state index is 12.2. The number of phenols is 1. The van der Waals surface area contributed by atoms with Crippen LogP contribution in [0.25, 0.3) is 0 Å². The van der Waals surface area contributed by atoms with E-state index < -0.39 is 11.9 Å². The molecule has 0 saturated heterocycles. The molecule has 0 aliphatic heterocycles. The maximum absolute atomic E-state index is 12.2. The third-order valence-electron chi connectivity index (χ3n) is 3.00. The number of hydrogen-bond donors (Lipinski definition) is 3. The van der Waals surface area contributed by atoms with Crippen molar-refractivity contribution in [3.05, 3.63) is 59.2 Å². The zero-order valence-electron chi connectivity index (χ0n) is 11.5. The van der Waals surface area contributed by atoms with E-state index in [0.29, 0.717) is 11.3 Å². The average Bonchev–Trinajstić information content (AvgIpc) is 2.43. The molecular weight excluding hydrogens is 270 g/mol. The standard InChI is InChI=1S/C16H15NO4/c1-10-6-7-14(18)12(8-10)16(21)17-13-5-3-2-4-11(13)9-15(19)20/h2-8,18H,9H2,1H3,(H,17,21)(H,19,20). The van der Waals surface area contributed by atoms with Crippen molar-refractivity contribution in [3.63, 3.8) is 0 Å². The molecule has 0 fully saturated rings. The number of rotatable bonds is 4. The fourth-order valence-corrected chi connectivity index (χ4v) is 1.98. The Morgan fingerprint density at radius 2 is 1.86 bits per heavy atom. The van der Waals surface area contributed by atoms with Crippen LogP contribution in [0.5, 0.6) is 5.75 Å². The Labute approximate surface area is 121 Å². The molecule has 108 valence electrons. The van der Waals surface area contributed by atoms with E-state index in [2.05, 4.69) is 5.32 Å². The van der Waals surface area contributed by atoms with Gasteiger partial charge < -0.3 is 15.5 Å². The van der Waals surface area contributed by atoms with E-state index in [4.69, 9.17) is 5.11 Å². The molecule has 2 aromatic carbocycles. The number of carboxylic acids is 1. The lowest BCUT2D eigenvalue weighted by atomic mass is 10.1. The third kappa shape index (κ3) is 3.60. The number of nitrogens with one attached hydrogen (secondary N) is 1. The van der Waals surface area contributed by atoms with Crippen molar-refractivity contribution < 1.29 is 19.8 Å². The van der Waals surface area contributed by atoms with Gasteiger partial charge >= 0.3 is 5.97 Å². The highest BCUT2D eigenvalue weighted by Gasteiger charge is 2.14. The summed E-state index contributed by atoms with van der Waals surface area (Å²) in [5, 5.41) is 21.3. The fraction of sp³-hybridized carbons (Fsp3) is 0.125. The van der Waals surface area contributed by atoms with Crippen LogP contribution in [0.4, 0.5) is 5.69 Å². The second kappa shape index (κ2) is 6.09. The lowest BCUT2D eigenvalue weighted by Gasteiger charge is -2.11. The Kier molecular flexibility index (Phi) is 4.23. The number of carbonyl (C=O) groups excluding carboxylic acids is 1. The highest BCUT2D eigenvalue weighted by molar-refractivity contribution is 6.06. The van der Waals surface area contributed by atoms with Crippen LogP contribution in [0.3, 0.4) is 0 Å². The predicted molar refractivity (Wildman–Crippen MR) is 78.6 cm³/mol. The van der Waals surface area contributed by atoms with Gasteiger partial charge in [-0.25, -0.2) is 0 Å². The Morgan fingerprint density at radius 1 is 1.14 bits per heavy atom. The molecule has 5 heteroatoms. The molecule has 0 unspecified atom stereocenters. The van der Waals surface area contributed by atoms with Crippen LogP contribution in [0.1, 0.15) is 21.5 Å². The van der Waals surface area contributed by atoms with E-state index in [0.717, 1.165) is 5.56 Å². The summed E-state index contributed by atoms with van der Waals surface area (Å²) < 4.78 is 0. The molecule has 0 atom stereocenters. The lowest BCUT2D eigenvalue weighted by Crippen LogP contribution is -2.14. The van der Waals surface area contributed by atoms with Crippen LogP contribution in [-0.4, -0.2) is 22.1 Å². The van der Waals surface area contributed by atoms with Gasteiger partial charge in [0.05, 0.1) is 12.0 Å². The van der Waals surface area contributed by atoms with E-state index in [1.165, 1.54) is 6.07 Å². The molecule has 21 heavy (non-hydrogen) atoms. The number of aromatic hydroxyl groups is 1. The Bertz CT molecular complexity index is 694. The van der Waals surface area contributed by atoms with Gasteiger partial charge in [0.2, 0.25) is 0 Å². The molecular formula is C16H15NO4. The molecule has 0 saturated carbocycles. The first-order valence-electron chi connectivity index (χ1n) is 6.38. The van der Waals surface area contributed by atoms with Gasteiger partial charge in [-0.15, -0.1) is 0 Å². The zero-order chi connectivity index (χ0) is 15.4. The van der Waals surface area contributed by atoms with Gasteiger partial charge in [0.25, 0.3) is 5.91 Å². The largest absolute Gasteiger partial charge is 0.507 e. The van der Waals surface area contributed by atoms with Crippen molar-refractivity contribution >= 4 is 17.6 Å². The number of para-hydroxylation sites is 1. The van der Waals surface area contributed by atoms with E-state index in [9.17, 15) is 14.7 Å². The first-order chi connectivity index (χ1) is 9.97. The molecule has 5 nitrogen and oxygen atoms in total. The van der Waals surface area contributed by atoms with E-state index in [1.807, 2.05) is 6.92 Å². The maximum Gasteiger partial charge on any atom is 0.307 e. The highest BCUT2D eigenvalue weighted by Crippen LogP contribution is 2.22. The molecule has 0 heterocycles. The van der Waals surface area contributed by atoms with Crippen LogP contribution in [0.15, 0.2) is 42.5 Å². The average molecular weight is 285 g/mol. The van der Waals surface area contributed by atoms with Gasteiger partial charge in [0.15, 0.2) is 0 Å². The fourth-order valence-electron chi connectivity index (χ4n) is 1.98. The number of amides is 1. The molecule has 1 amide bonds. The normalized spacial score (nSPS) is 10.1. The summed E-state index contributed by atoms with van der Waals surface area (Å²) in [6.07, 6.45) is -0.184. The summed E-state index contributed by atoms with van der Waals surface area (Å²) in [5.74, 6) is -1.57. The number of phenolic OH excluding ortho intramolecular Hbond substituents is 1. The van der Waals surface area contributed by atoms with Gasteiger partial charge in [-0.3, -0.25) is 9.59 Å². The van der Waals surface area contributed by atoms with Gasteiger partial charge in [-0.1, -0.05) is 29.8 Å². The van der Waals surface area contributed by atoms with Crippen LogP contribution < -0.4 is 5.32 Å². The first kappa shape index (κ1) is 14.6. The predicted octanol–water partition coefficient (Wildman–Crippen LogP) is 2.58. The van der Waals surface area contributed by atoms with Crippen molar-refractivity contribution in [2.45, 2.75) is 13.3 Å². The van der Waals surface area contributed by atoms with Crippen LogP contribution in [-0.2, 0) is 11.2 Å². The molecule has 0 aliphatic rings. The summed E-state index contributed by atoms with van der Waals surface area (Å²) in [5.41, 5.74) is 1.92. The second-order valence-electron chi connectivity index (χ2n) is 4.70. The van der Waals surface area contributed by atoms with Crippen molar-refractivity contribution in [3.8, 4) is 5.75 Å². The zero-order valence-corrected chi connectivity index (χ0v) is 11.5. The van der Waals surface area contributed by atoms with Crippen molar-refractivity contribution in [2.24, 2.45) is 0 Å². The van der Waals surface area contributed by atoms with Gasteiger partial charge in [-0.05, 0) is 30.7 Å². The molecule has 3 N–H and O–H groups in total. The number of benzene rings is 2. The molecule has 0 bridgehead atoms. The topological polar surface area (TPSA) is 86.6 Å². The number of aliphatic carboxylic acids is 1. The molecule has 2 rings (SSSR count). The van der Waals surface area contributed by atoms with Crippen molar-refractivity contribution in [1.82, 2.24) is 0 Å². The lowest BCUT2D eigenvalue weighted by molar-refractivity contribution is -0.136. The van der Waals surface area contributed by atoms with Gasteiger partial charge in [-0.2, -0.15) is 0 Å². The molecule has 0 aliphatic carbocycles. The minimum Gasteiger partial charge on any atom is -0.507 e. The van der Waals surface area contributed by atoms with E-state index in [-0.39, 0.29) is 17.7 Å². The molecule has 2 aromatic rings. The van der Waals surface area contributed by atoms with E-state index in [1.54, 1.807) is 36.4 Å². The van der Waals surface area contributed by atoms with Crippen molar-refractivity contribution in [2.75, 3.05) is 5.32 Å². The number of carbonyl (C=O) groups is 2.